The molecule has 1 aromatic heterocycles. The normalized spacial score (nSPS) is 20.5. The fourth-order valence-electron chi connectivity index (χ4n) is 4.24. The van der Waals surface area contributed by atoms with Crippen molar-refractivity contribution in [3.05, 3.63) is 47.5 Å². The van der Waals surface area contributed by atoms with E-state index >= 15 is 0 Å². The molecular formula is C21H30N6O. The average Bonchev–Trinajstić information content (AvgIpc) is 2.95. The van der Waals surface area contributed by atoms with Gasteiger partial charge in [-0.05, 0) is 25.5 Å². The minimum atomic E-state index is 0.0116. The van der Waals surface area contributed by atoms with Crippen molar-refractivity contribution in [1.29, 1.82) is 0 Å². The van der Waals surface area contributed by atoms with Crippen LogP contribution in [0.15, 0.2) is 30.3 Å². The van der Waals surface area contributed by atoms with Crippen molar-refractivity contribution in [2.45, 2.75) is 44.7 Å². The van der Waals surface area contributed by atoms with Gasteiger partial charge in [0.1, 0.15) is 11.6 Å². The van der Waals surface area contributed by atoms with Crippen LogP contribution in [-0.2, 0) is 19.4 Å². The number of aromatic nitrogens is 3. The number of carbonyl (C=O) groups excluding carboxylic acids is 1. The molecule has 0 aliphatic carbocycles. The molecule has 3 heterocycles. The molecule has 1 atom stereocenters. The molecule has 7 heteroatoms. The van der Waals surface area contributed by atoms with Gasteiger partial charge in [0.05, 0.1) is 6.04 Å². The highest BCUT2D eigenvalue weighted by molar-refractivity contribution is 5.75. The van der Waals surface area contributed by atoms with E-state index in [9.17, 15) is 4.79 Å². The van der Waals surface area contributed by atoms with Crippen LogP contribution in [0.4, 0.5) is 4.79 Å². The minimum absolute atomic E-state index is 0.0116. The third-order valence-electron chi connectivity index (χ3n) is 5.84. The lowest BCUT2D eigenvalue weighted by atomic mass is 10.0. The van der Waals surface area contributed by atoms with Gasteiger partial charge >= 0.3 is 6.03 Å². The molecule has 28 heavy (non-hydrogen) atoms. The zero-order valence-corrected chi connectivity index (χ0v) is 16.7. The summed E-state index contributed by atoms with van der Waals surface area (Å²) in [5, 5.41) is 11.8. The Bertz CT molecular complexity index is 789. The van der Waals surface area contributed by atoms with Gasteiger partial charge in [0.15, 0.2) is 0 Å². The summed E-state index contributed by atoms with van der Waals surface area (Å²) in [4.78, 5) is 17.2. The second-order valence-corrected chi connectivity index (χ2v) is 7.86. The summed E-state index contributed by atoms with van der Waals surface area (Å²) < 4.78 is 2.25. The summed E-state index contributed by atoms with van der Waals surface area (Å²) in [6.45, 7) is 4.08. The van der Waals surface area contributed by atoms with Gasteiger partial charge in [-0.1, -0.05) is 36.8 Å². The van der Waals surface area contributed by atoms with E-state index in [2.05, 4.69) is 44.2 Å². The number of nitrogens with one attached hydrogen (secondary N) is 1. The van der Waals surface area contributed by atoms with Gasteiger partial charge in [-0.3, -0.25) is 0 Å². The Morgan fingerprint density at radius 3 is 2.82 bits per heavy atom. The van der Waals surface area contributed by atoms with E-state index in [1.807, 2.05) is 23.1 Å². The molecule has 1 fully saturated rings. The standard InChI is InChI=1S/C21H30N6O/c1-25-14-15-26(18(16-25)17-8-4-2-5-9-17)21(28)22-12-11-20-24-23-19-10-6-3-7-13-27(19)20/h2,4-5,8-9,18H,3,6-7,10-16H2,1H3,(H,22,28)/t18-/m1/s1. The number of likely N-dealkylation sites (N-methyl/N-ethyl adjacent to an activating group) is 1. The highest BCUT2D eigenvalue weighted by atomic mass is 16.2. The Balaban J connectivity index is 1.37. The molecule has 2 amide bonds. The molecule has 0 spiro atoms. The zero-order chi connectivity index (χ0) is 19.3. The number of hydrogen-bond acceptors (Lipinski definition) is 4. The lowest BCUT2D eigenvalue weighted by Gasteiger charge is -2.40. The Morgan fingerprint density at radius 2 is 1.96 bits per heavy atom. The van der Waals surface area contributed by atoms with E-state index in [1.54, 1.807) is 0 Å². The maximum absolute atomic E-state index is 12.9. The molecule has 1 saturated heterocycles. The molecule has 1 N–H and O–H groups in total. The first-order valence-corrected chi connectivity index (χ1v) is 10.4. The van der Waals surface area contributed by atoms with E-state index < -0.39 is 0 Å². The Kier molecular flexibility index (Phi) is 5.90. The quantitative estimate of drug-likeness (QED) is 0.881. The number of benzene rings is 1. The first-order chi connectivity index (χ1) is 13.7. The lowest BCUT2D eigenvalue weighted by molar-refractivity contribution is 0.109. The first-order valence-electron chi connectivity index (χ1n) is 10.4. The lowest BCUT2D eigenvalue weighted by Crippen LogP contribution is -2.52. The summed E-state index contributed by atoms with van der Waals surface area (Å²) in [5.41, 5.74) is 1.19. The van der Waals surface area contributed by atoms with Crippen LogP contribution >= 0.6 is 0 Å². The number of fused-ring (bicyclic) bond motifs is 1. The topological polar surface area (TPSA) is 66.3 Å². The van der Waals surface area contributed by atoms with Crippen molar-refractivity contribution >= 4 is 6.03 Å². The first kappa shape index (κ1) is 18.9. The van der Waals surface area contributed by atoms with Gasteiger partial charge in [-0.15, -0.1) is 10.2 Å². The molecule has 0 radical (unpaired) electrons. The summed E-state index contributed by atoms with van der Waals surface area (Å²) >= 11 is 0. The van der Waals surface area contributed by atoms with E-state index in [0.717, 1.165) is 50.7 Å². The highest BCUT2D eigenvalue weighted by Gasteiger charge is 2.30. The predicted molar refractivity (Wildman–Crippen MR) is 108 cm³/mol. The van der Waals surface area contributed by atoms with Crippen molar-refractivity contribution < 1.29 is 4.79 Å². The number of piperazine rings is 1. The Hall–Kier alpha value is -2.41. The molecule has 150 valence electrons. The number of carbonyl (C=O) groups is 1. The second-order valence-electron chi connectivity index (χ2n) is 7.86. The number of hydrogen-bond donors (Lipinski definition) is 1. The van der Waals surface area contributed by atoms with Crippen LogP contribution in [0.2, 0.25) is 0 Å². The molecule has 0 saturated carbocycles. The van der Waals surface area contributed by atoms with Crippen LogP contribution in [0.25, 0.3) is 0 Å². The molecule has 0 unspecified atom stereocenters. The third-order valence-corrected chi connectivity index (χ3v) is 5.84. The minimum Gasteiger partial charge on any atom is -0.338 e. The van der Waals surface area contributed by atoms with Crippen LogP contribution in [-0.4, -0.2) is 63.8 Å². The fourth-order valence-corrected chi connectivity index (χ4v) is 4.24. The van der Waals surface area contributed by atoms with Crippen molar-refractivity contribution in [1.82, 2.24) is 29.9 Å². The van der Waals surface area contributed by atoms with Crippen LogP contribution in [0.1, 0.15) is 42.5 Å². The van der Waals surface area contributed by atoms with Crippen LogP contribution in [0, 0.1) is 0 Å². The number of urea groups is 1. The third kappa shape index (κ3) is 4.19. The predicted octanol–water partition coefficient (Wildman–Crippen LogP) is 2.25. The molecule has 7 nitrogen and oxygen atoms in total. The van der Waals surface area contributed by atoms with Crippen LogP contribution < -0.4 is 5.32 Å². The highest BCUT2D eigenvalue weighted by Crippen LogP contribution is 2.24. The van der Waals surface area contributed by atoms with Gasteiger partial charge in [0.25, 0.3) is 0 Å². The summed E-state index contributed by atoms with van der Waals surface area (Å²) in [7, 11) is 2.11. The van der Waals surface area contributed by atoms with Crippen molar-refractivity contribution in [2.24, 2.45) is 0 Å². The molecule has 4 rings (SSSR count). The van der Waals surface area contributed by atoms with E-state index in [-0.39, 0.29) is 12.1 Å². The second kappa shape index (κ2) is 8.73. The molecule has 1 aromatic carbocycles. The number of amides is 2. The van der Waals surface area contributed by atoms with Crippen LogP contribution in [0.3, 0.4) is 0 Å². The molecule has 2 aliphatic rings. The Labute approximate surface area is 166 Å². The smallest absolute Gasteiger partial charge is 0.318 e. The number of aryl methyl sites for hydroxylation is 1. The maximum atomic E-state index is 12.9. The number of nitrogens with zero attached hydrogens (tertiary/aromatic N) is 5. The van der Waals surface area contributed by atoms with Gasteiger partial charge in [0.2, 0.25) is 0 Å². The monoisotopic (exact) mass is 382 g/mol. The zero-order valence-electron chi connectivity index (χ0n) is 16.7. The van der Waals surface area contributed by atoms with Crippen molar-refractivity contribution in [2.75, 3.05) is 33.2 Å². The molecule has 0 bridgehead atoms. The fraction of sp³-hybridized carbons (Fsp3) is 0.571. The maximum Gasteiger partial charge on any atom is 0.318 e. The van der Waals surface area contributed by atoms with Crippen LogP contribution in [0.5, 0.6) is 0 Å². The number of rotatable bonds is 4. The van der Waals surface area contributed by atoms with Crippen molar-refractivity contribution in [3.8, 4) is 0 Å². The molecule has 2 aliphatic heterocycles. The van der Waals surface area contributed by atoms with E-state index in [4.69, 9.17) is 0 Å². The molecular weight excluding hydrogens is 352 g/mol. The summed E-state index contributed by atoms with van der Waals surface area (Å²) in [5.74, 6) is 2.09. The van der Waals surface area contributed by atoms with Gasteiger partial charge < -0.3 is 19.7 Å². The average molecular weight is 383 g/mol. The molecule has 2 aromatic rings. The summed E-state index contributed by atoms with van der Waals surface area (Å²) in [6.07, 6.45) is 5.37. The van der Waals surface area contributed by atoms with E-state index in [1.165, 1.54) is 24.8 Å². The van der Waals surface area contributed by atoms with Crippen molar-refractivity contribution in [3.63, 3.8) is 0 Å². The SMILES string of the molecule is CN1CCN(C(=O)NCCc2nnc3n2CCCCC3)[C@@H](c2ccccc2)C1. The van der Waals surface area contributed by atoms with Gasteiger partial charge in [-0.25, -0.2) is 4.79 Å². The van der Waals surface area contributed by atoms with Gasteiger partial charge in [0, 0.05) is 45.6 Å². The summed E-state index contributed by atoms with van der Waals surface area (Å²) in [6, 6.07) is 10.4. The Morgan fingerprint density at radius 1 is 1.11 bits per heavy atom. The van der Waals surface area contributed by atoms with E-state index in [0.29, 0.717) is 6.54 Å². The van der Waals surface area contributed by atoms with Gasteiger partial charge in [-0.2, -0.15) is 0 Å². The largest absolute Gasteiger partial charge is 0.338 e.